The Morgan fingerprint density at radius 3 is 2.35 bits per heavy atom. The molecule has 1 atom stereocenters. The summed E-state index contributed by atoms with van der Waals surface area (Å²) in [4.78, 5) is 0. The van der Waals surface area contributed by atoms with Crippen molar-refractivity contribution in [3.63, 3.8) is 0 Å². The minimum atomic E-state index is 0. The van der Waals surface area contributed by atoms with E-state index in [0.29, 0.717) is 0 Å². The van der Waals surface area contributed by atoms with Crippen LogP contribution in [-0.4, -0.2) is 13.6 Å². The van der Waals surface area contributed by atoms with Gasteiger partial charge in [-0.05, 0) is 47.2 Å². The quantitative estimate of drug-likeness (QED) is 0.816. The Labute approximate surface area is 135 Å². The molecule has 0 heterocycles. The Morgan fingerprint density at radius 2 is 1.70 bits per heavy atom. The number of hydrogen-bond acceptors (Lipinski definition) is 2. The summed E-state index contributed by atoms with van der Waals surface area (Å²) in [6, 6.07) is 18.3. The second kappa shape index (κ2) is 9.01. The average Bonchev–Trinajstić information content (AvgIpc) is 2.46. The zero-order valence-corrected chi connectivity index (χ0v) is 13.8. The summed E-state index contributed by atoms with van der Waals surface area (Å²) < 4.78 is 7.13. The van der Waals surface area contributed by atoms with Gasteiger partial charge in [-0.25, -0.2) is 0 Å². The molecule has 0 saturated heterocycles. The molecule has 0 aliphatic carbocycles. The summed E-state index contributed by atoms with van der Waals surface area (Å²) in [7, 11) is 1.96. The molecular weight excluding hydrogens is 338 g/mol. The van der Waals surface area contributed by atoms with Crippen LogP contribution in [-0.2, 0) is 0 Å². The summed E-state index contributed by atoms with van der Waals surface area (Å²) in [5.74, 6) is 0.882. The highest BCUT2D eigenvalue weighted by Gasteiger charge is 2.13. The SMILES string of the molecule is CNCCC(Oc1ccccc1Br)c1ccccc1.Cl. The Kier molecular flexibility index (Phi) is 7.67. The fourth-order valence-corrected chi connectivity index (χ4v) is 2.31. The van der Waals surface area contributed by atoms with E-state index in [1.165, 1.54) is 5.56 Å². The van der Waals surface area contributed by atoms with Crippen molar-refractivity contribution in [1.29, 1.82) is 0 Å². The summed E-state index contributed by atoms with van der Waals surface area (Å²) in [5, 5.41) is 3.18. The Balaban J connectivity index is 0.00000200. The van der Waals surface area contributed by atoms with E-state index in [9.17, 15) is 0 Å². The van der Waals surface area contributed by atoms with E-state index in [1.807, 2.05) is 49.5 Å². The van der Waals surface area contributed by atoms with E-state index < -0.39 is 0 Å². The normalized spacial score (nSPS) is 11.5. The highest BCUT2D eigenvalue weighted by Crippen LogP contribution is 2.30. The molecule has 0 radical (unpaired) electrons. The average molecular weight is 357 g/mol. The van der Waals surface area contributed by atoms with Crippen LogP contribution >= 0.6 is 28.3 Å². The van der Waals surface area contributed by atoms with Crippen molar-refractivity contribution in [2.24, 2.45) is 0 Å². The molecule has 0 bridgehead atoms. The lowest BCUT2D eigenvalue weighted by Crippen LogP contribution is -2.16. The molecule has 0 saturated carbocycles. The van der Waals surface area contributed by atoms with E-state index in [-0.39, 0.29) is 18.5 Å². The first-order chi connectivity index (χ1) is 9.31. The third-order valence-electron chi connectivity index (χ3n) is 2.93. The van der Waals surface area contributed by atoms with Gasteiger partial charge < -0.3 is 10.1 Å². The molecule has 4 heteroatoms. The van der Waals surface area contributed by atoms with Gasteiger partial charge >= 0.3 is 0 Å². The Morgan fingerprint density at radius 1 is 1.05 bits per heavy atom. The molecule has 0 aliphatic rings. The zero-order chi connectivity index (χ0) is 13.5. The van der Waals surface area contributed by atoms with Crippen LogP contribution in [0.3, 0.4) is 0 Å². The third-order valence-corrected chi connectivity index (χ3v) is 3.59. The number of para-hydroxylation sites is 1. The highest BCUT2D eigenvalue weighted by molar-refractivity contribution is 9.10. The van der Waals surface area contributed by atoms with Crippen molar-refractivity contribution in [3.8, 4) is 5.75 Å². The van der Waals surface area contributed by atoms with Gasteiger partial charge in [0.15, 0.2) is 0 Å². The van der Waals surface area contributed by atoms with Crippen LogP contribution in [0.4, 0.5) is 0 Å². The molecule has 0 aromatic heterocycles. The fourth-order valence-electron chi connectivity index (χ4n) is 1.93. The Hall–Kier alpha value is -1.03. The molecular formula is C16H19BrClNO. The zero-order valence-electron chi connectivity index (χ0n) is 11.4. The van der Waals surface area contributed by atoms with Crippen LogP contribution < -0.4 is 10.1 Å². The molecule has 0 spiro atoms. The lowest BCUT2D eigenvalue weighted by Gasteiger charge is -2.20. The minimum Gasteiger partial charge on any atom is -0.485 e. The first-order valence-electron chi connectivity index (χ1n) is 6.42. The smallest absolute Gasteiger partial charge is 0.134 e. The van der Waals surface area contributed by atoms with Gasteiger partial charge in [0.2, 0.25) is 0 Å². The highest BCUT2D eigenvalue weighted by atomic mass is 79.9. The number of rotatable bonds is 6. The molecule has 2 aromatic rings. The molecule has 2 rings (SSSR count). The number of hydrogen-bond donors (Lipinski definition) is 1. The molecule has 1 unspecified atom stereocenters. The van der Waals surface area contributed by atoms with Crippen LogP contribution in [0.1, 0.15) is 18.1 Å². The van der Waals surface area contributed by atoms with Gasteiger partial charge in [0.1, 0.15) is 11.9 Å². The third kappa shape index (κ3) is 4.82. The van der Waals surface area contributed by atoms with Gasteiger partial charge in [-0.1, -0.05) is 42.5 Å². The lowest BCUT2D eigenvalue weighted by atomic mass is 10.1. The maximum atomic E-state index is 6.15. The molecule has 2 aromatic carbocycles. The molecule has 108 valence electrons. The van der Waals surface area contributed by atoms with Crippen LogP contribution in [0.15, 0.2) is 59.1 Å². The molecule has 0 aliphatic heterocycles. The summed E-state index contributed by atoms with van der Waals surface area (Å²) in [6.07, 6.45) is 0.995. The van der Waals surface area contributed by atoms with E-state index in [2.05, 4.69) is 33.4 Å². The maximum Gasteiger partial charge on any atom is 0.134 e. The predicted octanol–water partition coefficient (Wildman–Crippen LogP) is 4.60. The van der Waals surface area contributed by atoms with Gasteiger partial charge in [0.05, 0.1) is 4.47 Å². The van der Waals surface area contributed by atoms with Gasteiger partial charge in [-0.2, -0.15) is 0 Å². The van der Waals surface area contributed by atoms with Crippen molar-refractivity contribution in [2.75, 3.05) is 13.6 Å². The second-order valence-electron chi connectivity index (χ2n) is 4.34. The summed E-state index contributed by atoms with van der Waals surface area (Å²) >= 11 is 3.52. The van der Waals surface area contributed by atoms with E-state index in [1.54, 1.807) is 0 Å². The Bertz CT molecular complexity index is 507. The largest absolute Gasteiger partial charge is 0.485 e. The number of benzene rings is 2. The number of halogens is 2. The summed E-state index contributed by atoms with van der Waals surface area (Å²) in [6.45, 7) is 0.921. The minimum absolute atomic E-state index is 0. The van der Waals surface area contributed by atoms with E-state index in [0.717, 1.165) is 23.2 Å². The van der Waals surface area contributed by atoms with Crippen LogP contribution in [0.25, 0.3) is 0 Å². The van der Waals surface area contributed by atoms with Crippen molar-refractivity contribution < 1.29 is 4.74 Å². The van der Waals surface area contributed by atoms with Crippen molar-refractivity contribution in [3.05, 3.63) is 64.6 Å². The predicted molar refractivity (Wildman–Crippen MR) is 89.7 cm³/mol. The van der Waals surface area contributed by atoms with Crippen molar-refractivity contribution >= 4 is 28.3 Å². The first-order valence-corrected chi connectivity index (χ1v) is 7.21. The molecule has 1 N–H and O–H groups in total. The lowest BCUT2D eigenvalue weighted by molar-refractivity contribution is 0.193. The number of ether oxygens (including phenoxy) is 1. The molecule has 0 fully saturated rings. The van der Waals surface area contributed by atoms with Crippen molar-refractivity contribution in [2.45, 2.75) is 12.5 Å². The van der Waals surface area contributed by atoms with Crippen LogP contribution in [0.2, 0.25) is 0 Å². The van der Waals surface area contributed by atoms with Gasteiger partial charge in [0, 0.05) is 6.42 Å². The molecule has 2 nitrogen and oxygen atoms in total. The van der Waals surface area contributed by atoms with Crippen molar-refractivity contribution in [1.82, 2.24) is 5.32 Å². The first kappa shape index (κ1) is 17.0. The van der Waals surface area contributed by atoms with E-state index in [4.69, 9.17) is 4.74 Å². The van der Waals surface area contributed by atoms with E-state index >= 15 is 0 Å². The topological polar surface area (TPSA) is 21.3 Å². The van der Waals surface area contributed by atoms with Gasteiger partial charge in [-0.3, -0.25) is 0 Å². The molecule has 20 heavy (non-hydrogen) atoms. The van der Waals surface area contributed by atoms with Gasteiger partial charge in [-0.15, -0.1) is 12.4 Å². The monoisotopic (exact) mass is 355 g/mol. The van der Waals surface area contributed by atoms with Gasteiger partial charge in [0.25, 0.3) is 0 Å². The van der Waals surface area contributed by atoms with Crippen LogP contribution in [0, 0.1) is 0 Å². The maximum absolute atomic E-state index is 6.15. The van der Waals surface area contributed by atoms with Crippen LogP contribution in [0.5, 0.6) is 5.75 Å². The fraction of sp³-hybridized carbons (Fsp3) is 0.250. The summed E-state index contributed by atoms with van der Waals surface area (Å²) in [5.41, 5.74) is 1.20. The molecule has 0 amide bonds. The second-order valence-corrected chi connectivity index (χ2v) is 5.19. The number of nitrogens with one attached hydrogen (secondary N) is 1. The standard InChI is InChI=1S/C16H18BrNO.ClH/c1-18-12-11-15(13-7-3-2-4-8-13)19-16-10-6-5-9-14(16)17;/h2-10,15,18H,11-12H2,1H3;1H.